The van der Waals surface area contributed by atoms with Crippen molar-refractivity contribution in [3.8, 4) is 11.5 Å². The van der Waals surface area contributed by atoms with Crippen LogP contribution in [0.4, 0.5) is 18.9 Å². The molecule has 3 rings (SSSR count). The topological polar surface area (TPSA) is 131 Å². The minimum atomic E-state index is -5.08. The number of amides is 1. The van der Waals surface area contributed by atoms with E-state index < -0.39 is 27.6 Å². The van der Waals surface area contributed by atoms with E-state index in [0.717, 1.165) is 18.4 Å². The number of halogens is 3. The molecule has 1 saturated carbocycles. The highest BCUT2D eigenvalue weighted by molar-refractivity contribution is 7.92. The van der Waals surface area contributed by atoms with Crippen LogP contribution in [0.25, 0.3) is 0 Å². The molecule has 1 aliphatic carbocycles. The number of aliphatic carboxylic acids is 1. The zero-order valence-corrected chi connectivity index (χ0v) is 21.5. The number of rotatable bonds is 9. The molecule has 0 unspecified atom stereocenters. The van der Waals surface area contributed by atoms with Gasteiger partial charge < -0.3 is 19.9 Å². The number of methoxy groups -OCH3 is 2. The number of carbonyl (C=O) groups is 2. The Bertz CT molecular complexity index is 1210. The third kappa shape index (κ3) is 7.75. The van der Waals surface area contributed by atoms with Crippen molar-refractivity contribution in [1.29, 1.82) is 0 Å². The molecular weight excluding hydrogens is 517 g/mol. The van der Waals surface area contributed by atoms with Gasteiger partial charge in [0.25, 0.3) is 10.0 Å². The molecule has 0 radical (unpaired) electrons. The van der Waals surface area contributed by atoms with Gasteiger partial charge in [0.2, 0.25) is 5.91 Å². The summed E-state index contributed by atoms with van der Waals surface area (Å²) >= 11 is 0. The molecule has 0 spiro atoms. The first-order valence-corrected chi connectivity index (χ1v) is 12.6. The number of carbonyl (C=O) groups excluding carboxylic acids is 1. The minimum Gasteiger partial charge on any atom is -0.497 e. The number of nitrogens with one attached hydrogen (secondary N) is 2. The molecule has 2 aromatic rings. The quantitative estimate of drug-likeness (QED) is 0.434. The Hall–Kier alpha value is -3.48. The Labute approximate surface area is 213 Å². The van der Waals surface area contributed by atoms with Gasteiger partial charge in [-0.3, -0.25) is 9.52 Å². The number of alkyl halides is 3. The van der Waals surface area contributed by atoms with Gasteiger partial charge in [0, 0.05) is 18.3 Å². The molecule has 1 aliphatic rings. The van der Waals surface area contributed by atoms with Crippen molar-refractivity contribution in [2.75, 3.05) is 25.5 Å². The standard InChI is InChI=1S/C22H28N2O5S.C2HF3O2/c1-15(2)14-23-21(25)22(11-12-22)16-5-7-17(8-6-16)24-30(26,27)20-13-18(28-3)9-10-19(20)29-4;3-2(4,5)1(6)7/h5-10,13,15,24H,11-12,14H2,1-4H3,(H,23,25);(H,6,7). The fraction of sp³-hybridized carbons (Fsp3) is 0.417. The van der Waals surface area contributed by atoms with Crippen LogP contribution in [0.15, 0.2) is 47.4 Å². The lowest BCUT2D eigenvalue weighted by atomic mass is 9.94. The molecule has 3 N–H and O–H groups in total. The summed E-state index contributed by atoms with van der Waals surface area (Å²) in [5.41, 5.74) is 0.801. The SMILES string of the molecule is COc1ccc(OC)c(S(=O)(=O)Nc2ccc(C3(C(=O)NCC(C)C)CC3)cc2)c1.O=C(O)C(F)(F)F. The van der Waals surface area contributed by atoms with Gasteiger partial charge in [0.15, 0.2) is 0 Å². The molecule has 0 aliphatic heterocycles. The van der Waals surface area contributed by atoms with E-state index in [0.29, 0.717) is 23.9 Å². The third-order valence-electron chi connectivity index (χ3n) is 5.45. The number of hydrogen-bond acceptors (Lipinski definition) is 6. The van der Waals surface area contributed by atoms with Crippen molar-refractivity contribution in [3.05, 3.63) is 48.0 Å². The predicted molar refractivity (Wildman–Crippen MR) is 129 cm³/mol. The van der Waals surface area contributed by atoms with E-state index >= 15 is 0 Å². The molecule has 37 heavy (non-hydrogen) atoms. The van der Waals surface area contributed by atoms with Crippen molar-refractivity contribution < 1.29 is 45.8 Å². The maximum atomic E-state index is 12.9. The summed E-state index contributed by atoms with van der Waals surface area (Å²) in [6.45, 7) is 4.75. The van der Waals surface area contributed by atoms with Gasteiger partial charge in [-0.15, -0.1) is 0 Å². The van der Waals surface area contributed by atoms with E-state index in [9.17, 15) is 26.4 Å². The summed E-state index contributed by atoms with van der Waals surface area (Å²) in [6.07, 6.45) is -3.49. The van der Waals surface area contributed by atoms with Crippen LogP contribution < -0.4 is 19.5 Å². The lowest BCUT2D eigenvalue weighted by Gasteiger charge is -2.18. The molecule has 13 heteroatoms. The molecule has 0 saturated heterocycles. The maximum absolute atomic E-state index is 12.9. The lowest BCUT2D eigenvalue weighted by Crippen LogP contribution is -2.36. The number of anilines is 1. The molecule has 2 aromatic carbocycles. The molecular formula is C24H29F3N2O7S. The zero-order chi connectivity index (χ0) is 28.0. The lowest BCUT2D eigenvalue weighted by molar-refractivity contribution is -0.192. The van der Waals surface area contributed by atoms with E-state index in [2.05, 4.69) is 23.9 Å². The second-order valence-corrected chi connectivity index (χ2v) is 10.3. The molecule has 9 nitrogen and oxygen atoms in total. The maximum Gasteiger partial charge on any atom is 0.490 e. The Morgan fingerprint density at radius 3 is 2.05 bits per heavy atom. The first kappa shape index (κ1) is 29.7. The first-order chi connectivity index (χ1) is 17.2. The monoisotopic (exact) mass is 546 g/mol. The summed E-state index contributed by atoms with van der Waals surface area (Å²) in [7, 11) is -1.01. The number of sulfonamides is 1. The van der Waals surface area contributed by atoms with Gasteiger partial charge in [0.1, 0.15) is 16.4 Å². The smallest absolute Gasteiger partial charge is 0.490 e. The summed E-state index contributed by atoms with van der Waals surface area (Å²) < 4.78 is 70.4. The van der Waals surface area contributed by atoms with Gasteiger partial charge in [-0.1, -0.05) is 26.0 Å². The van der Waals surface area contributed by atoms with Crippen molar-refractivity contribution in [3.63, 3.8) is 0 Å². The average molecular weight is 547 g/mol. The summed E-state index contributed by atoms with van der Waals surface area (Å²) in [5, 5.41) is 10.1. The normalized spacial score (nSPS) is 14.2. The van der Waals surface area contributed by atoms with Gasteiger partial charge in [0.05, 0.1) is 19.6 Å². The van der Waals surface area contributed by atoms with Crippen LogP contribution in [0.2, 0.25) is 0 Å². The molecule has 0 atom stereocenters. The van der Waals surface area contributed by atoms with E-state index in [1.165, 1.54) is 20.3 Å². The summed E-state index contributed by atoms with van der Waals surface area (Å²) in [4.78, 5) is 21.5. The highest BCUT2D eigenvalue weighted by Crippen LogP contribution is 2.48. The van der Waals surface area contributed by atoms with Crippen LogP contribution in [0.5, 0.6) is 11.5 Å². The number of ether oxygens (including phenoxy) is 2. The Balaban J connectivity index is 0.000000604. The highest BCUT2D eigenvalue weighted by Gasteiger charge is 2.51. The van der Waals surface area contributed by atoms with Crippen LogP contribution in [0, 0.1) is 5.92 Å². The molecule has 204 valence electrons. The number of benzene rings is 2. The first-order valence-electron chi connectivity index (χ1n) is 11.1. The number of carboxylic acids is 1. The van der Waals surface area contributed by atoms with Crippen LogP contribution in [-0.4, -0.2) is 52.3 Å². The summed E-state index contributed by atoms with van der Waals surface area (Å²) in [6, 6.07) is 11.6. The highest BCUT2D eigenvalue weighted by atomic mass is 32.2. The van der Waals surface area contributed by atoms with Gasteiger partial charge >= 0.3 is 12.1 Å². The van der Waals surface area contributed by atoms with Gasteiger partial charge in [-0.25, -0.2) is 13.2 Å². The molecule has 0 bridgehead atoms. The molecule has 1 fully saturated rings. The van der Waals surface area contributed by atoms with Crippen molar-refractivity contribution in [1.82, 2.24) is 5.32 Å². The predicted octanol–water partition coefficient (Wildman–Crippen LogP) is 3.94. The minimum absolute atomic E-state index is 0.0137. The van der Waals surface area contributed by atoms with E-state index in [-0.39, 0.29) is 16.6 Å². The fourth-order valence-corrected chi connectivity index (χ4v) is 4.54. The largest absolute Gasteiger partial charge is 0.497 e. The van der Waals surface area contributed by atoms with Gasteiger partial charge in [-0.2, -0.15) is 13.2 Å². The second kappa shape index (κ2) is 11.7. The van der Waals surface area contributed by atoms with E-state index in [4.69, 9.17) is 19.4 Å². The number of hydrogen-bond donors (Lipinski definition) is 3. The van der Waals surface area contributed by atoms with Crippen molar-refractivity contribution >= 4 is 27.6 Å². The molecule has 0 aromatic heterocycles. The number of carboxylic acid groups (broad SMARTS) is 1. The van der Waals surface area contributed by atoms with E-state index in [1.54, 1.807) is 24.3 Å². The van der Waals surface area contributed by atoms with Gasteiger partial charge in [-0.05, 0) is 48.6 Å². The average Bonchev–Trinajstić information content (AvgIpc) is 3.64. The van der Waals surface area contributed by atoms with Crippen LogP contribution >= 0.6 is 0 Å². The third-order valence-corrected chi connectivity index (χ3v) is 6.85. The van der Waals surface area contributed by atoms with E-state index in [1.807, 2.05) is 12.1 Å². The molecule has 0 heterocycles. The van der Waals surface area contributed by atoms with Crippen LogP contribution in [0.3, 0.4) is 0 Å². The fourth-order valence-electron chi connectivity index (χ4n) is 3.30. The zero-order valence-electron chi connectivity index (χ0n) is 20.7. The Kier molecular flexibility index (Phi) is 9.42. The second-order valence-electron chi connectivity index (χ2n) is 8.69. The Morgan fingerprint density at radius 1 is 1.05 bits per heavy atom. The summed E-state index contributed by atoms with van der Waals surface area (Å²) in [5.74, 6) is -1.71. The van der Waals surface area contributed by atoms with Crippen LogP contribution in [0.1, 0.15) is 32.3 Å². The Morgan fingerprint density at radius 2 is 1.62 bits per heavy atom. The van der Waals surface area contributed by atoms with Crippen LogP contribution in [-0.2, 0) is 25.0 Å². The molecule has 1 amide bonds. The van der Waals surface area contributed by atoms with Crippen molar-refractivity contribution in [2.45, 2.75) is 43.2 Å². The van der Waals surface area contributed by atoms with Crippen molar-refractivity contribution in [2.24, 2.45) is 5.92 Å².